The molecule has 0 radical (unpaired) electrons. The molecule has 0 saturated heterocycles. The van der Waals surface area contributed by atoms with Crippen LogP contribution in [-0.4, -0.2) is 41.2 Å². The first-order valence-electron chi connectivity index (χ1n) is 6.47. The third kappa shape index (κ3) is 4.73. The van der Waals surface area contributed by atoms with E-state index in [0.717, 1.165) is 5.56 Å². The first kappa shape index (κ1) is 15.2. The van der Waals surface area contributed by atoms with Crippen LogP contribution < -0.4 is 0 Å². The molecule has 0 aliphatic carbocycles. The minimum atomic E-state index is -0.0727. The number of hydrogen-bond donors (Lipinski definition) is 0. The number of rotatable bonds is 5. The van der Waals surface area contributed by atoms with Gasteiger partial charge in [0.25, 0.3) is 0 Å². The van der Waals surface area contributed by atoms with Gasteiger partial charge in [-0.3, -0.25) is 9.59 Å². The molecule has 0 unspecified atom stereocenters. The summed E-state index contributed by atoms with van der Waals surface area (Å²) in [5.41, 5.74) is 1.08. The van der Waals surface area contributed by atoms with Crippen molar-refractivity contribution in [1.29, 1.82) is 0 Å². The molecule has 0 aromatic heterocycles. The third-order valence-corrected chi connectivity index (χ3v) is 3.02. The maximum atomic E-state index is 12.1. The predicted molar refractivity (Wildman–Crippen MR) is 75.4 cm³/mol. The Morgan fingerprint density at radius 1 is 1.16 bits per heavy atom. The molecule has 0 bridgehead atoms. The molecule has 1 rings (SSSR count). The van der Waals surface area contributed by atoms with Gasteiger partial charge >= 0.3 is 0 Å². The van der Waals surface area contributed by atoms with Gasteiger partial charge in [0.1, 0.15) is 0 Å². The molecular weight excluding hydrogens is 240 g/mol. The average molecular weight is 262 g/mol. The summed E-state index contributed by atoms with van der Waals surface area (Å²) < 4.78 is 0. The van der Waals surface area contributed by atoms with Crippen molar-refractivity contribution in [1.82, 2.24) is 9.80 Å². The van der Waals surface area contributed by atoms with Gasteiger partial charge in [-0.1, -0.05) is 30.3 Å². The second kappa shape index (κ2) is 6.92. The predicted octanol–water partition coefficient (Wildman–Crippen LogP) is 1.90. The molecule has 0 aliphatic heterocycles. The molecule has 0 N–H and O–H groups in total. The standard InChI is InChI=1S/C15H22N2O2/c1-12(2)17(13(3)18)11-15(19)16(4)10-14-8-6-5-7-9-14/h5-9,12H,10-11H2,1-4H3. The summed E-state index contributed by atoms with van der Waals surface area (Å²) in [5, 5.41) is 0. The van der Waals surface area contributed by atoms with E-state index in [4.69, 9.17) is 0 Å². The summed E-state index contributed by atoms with van der Waals surface area (Å²) in [6.07, 6.45) is 0. The lowest BCUT2D eigenvalue weighted by atomic mass is 10.2. The van der Waals surface area contributed by atoms with E-state index in [2.05, 4.69) is 0 Å². The summed E-state index contributed by atoms with van der Waals surface area (Å²) in [6, 6.07) is 9.84. The van der Waals surface area contributed by atoms with E-state index in [9.17, 15) is 9.59 Å². The molecule has 0 fully saturated rings. The van der Waals surface area contributed by atoms with E-state index < -0.39 is 0 Å². The molecule has 0 spiro atoms. The lowest BCUT2D eigenvalue weighted by molar-refractivity contribution is -0.140. The van der Waals surface area contributed by atoms with Crippen molar-refractivity contribution in [3.05, 3.63) is 35.9 Å². The van der Waals surface area contributed by atoms with E-state index in [1.807, 2.05) is 44.2 Å². The van der Waals surface area contributed by atoms with Gasteiger partial charge in [-0.15, -0.1) is 0 Å². The maximum absolute atomic E-state index is 12.1. The summed E-state index contributed by atoms with van der Waals surface area (Å²) >= 11 is 0. The van der Waals surface area contributed by atoms with Crippen LogP contribution in [0.25, 0.3) is 0 Å². The van der Waals surface area contributed by atoms with Gasteiger partial charge in [0.05, 0.1) is 6.54 Å². The molecule has 0 atom stereocenters. The zero-order valence-corrected chi connectivity index (χ0v) is 12.1. The Bertz CT molecular complexity index is 429. The first-order valence-corrected chi connectivity index (χ1v) is 6.47. The molecule has 0 aliphatic rings. The smallest absolute Gasteiger partial charge is 0.242 e. The molecule has 0 saturated carbocycles. The minimum Gasteiger partial charge on any atom is -0.340 e. The molecule has 4 nitrogen and oxygen atoms in total. The van der Waals surface area contributed by atoms with Crippen molar-refractivity contribution in [2.75, 3.05) is 13.6 Å². The third-order valence-electron chi connectivity index (χ3n) is 3.02. The number of nitrogens with zero attached hydrogens (tertiary/aromatic N) is 2. The highest BCUT2D eigenvalue weighted by Crippen LogP contribution is 2.05. The molecule has 104 valence electrons. The zero-order chi connectivity index (χ0) is 14.4. The van der Waals surface area contributed by atoms with E-state index in [-0.39, 0.29) is 24.4 Å². The Morgan fingerprint density at radius 3 is 2.21 bits per heavy atom. The van der Waals surface area contributed by atoms with Gasteiger partial charge in [0.15, 0.2) is 0 Å². The highest BCUT2D eigenvalue weighted by molar-refractivity contribution is 5.83. The number of benzene rings is 1. The van der Waals surface area contributed by atoms with Crippen LogP contribution in [0.1, 0.15) is 26.3 Å². The summed E-state index contributed by atoms with van der Waals surface area (Å²) in [7, 11) is 1.76. The molecule has 2 amide bonds. The molecule has 0 heterocycles. The monoisotopic (exact) mass is 262 g/mol. The lowest BCUT2D eigenvalue weighted by Crippen LogP contribution is -2.43. The van der Waals surface area contributed by atoms with Gasteiger partial charge in [0, 0.05) is 26.6 Å². The van der Waals surface area contributed by atoms with Crippen LogP contribution >= 0.6 is 0 Å². The van der Waals surface area contributed by atoms with Crippen LogP contribution in [0.2, 0.25) is 0 Å². The fourth-order valence-electron chi connectivity index (χ4n) is 1.87. The maximum Gasteiger partial charge on any atom is 0.242 e. The quantitative estimate of drug-likeness (QED) is 0.813. The number of amides is 2. The minimum absolute atomic E-state index is 0.0339. The number of carbonyl (C=O) groups is 2. The molecular formula is C15H22N2O2. The van der Waals surface area contributed by atoms with Crippen molar-refractivity contribution in [3.8, 4) is 0 Å². The molecule has 4 heteroatoms. The zero-order valence-electron chi connectivity index (χ0n) is 12.1. The van der Waals surface area contributed by atoms with E-state index in [0.29, 0.717) is 6.54 Å². The number of likely N-dealkylation sites (N-methyl/N-ethyl adjacent to an activating group) is 1. The van der Waals surface area contributed by atoms with Crippen LogP contribution in [0.4, 0.5) is 0 Å². The van der Waals surface area contributed by atoms with E-state index in [1.165, 1.54) is 6.92 Å². The SMILES string of the molecule is CC(=O)N(CC(=O)N(C)Cc1ccccc1)C(C)C. The van der Waals surface area contributed by atoms with Crippen molar-refractivity contribution >= 4 is 11.8 Å². The Kier molecular flexibility index (Phi) is 5.55. The fraction of sp³-hybridized carbons (Fsp3) is 0.467. The largest absolute Gasteiger partial charge is 0.340 e. The summed E-state index contributed by atoms with van der Waals surface area (Å²) in [6.45, 7) is 6.00. The van der Waals surface area contributed by atoms with Crippen molar-refractivity contribution < 1.29 is 9.59 Å². The number of hydrogen-bond acceptors (Lipinski definition) is 2. The van der Waals surface area contributed by atoms with Crippen LogP contribution in [0.5, 0.6) is 0 Å². The van der Waals surface area contributed by atoms with Crippen LogP contribution in [0.3, 0.4) is 0 Å². The van der Waals surface area contributed by atoms with Gasteiger partial charge in [0.2, 0.25) is 11.8 Å². The topological polar surface area (TPSA) is 40.6 Å². The summed E-state index contributed by atoms with van der Waals surface area (Å²) in [5.74, 6) is -0.121. The first-order chi connectivity index (χ1) is 8.91. The average Bonchev–Trinajstić information content (AvgIpc) is 2.35. The molecule has 1 aromatic rings. The lowest BCUT2D eigenvalue weighted by Gasteiger charge is -2.27. The van der Waals surface area contributed by atoms with Crippen molar-refractivity contribution in [3.63, 3.8) is 0 Å². The van der Waals surface area contributed by atoms with Gasteiger partial charge < -0.3 is 9.80 Å². The second-order valence-electron chi connectivity index (χ2n) is 4.98. The fourth-order valence-corrected chi connectivity index (χ4v) is 1.87. The van der Waals surface area contributed by atoms with Crippen LogP contribution in [0, 0.1) is 0 Å². The summed E-state index contributed by atoms with van der Waals surface area (Å²) in [4.78, 5) is 26.8. The van der Waals surface area contributed by atoms with E-state index in [1.54, 1.807) is 16.8 Å². The second-order valence-corrected chi connectivity index (χ2v) is 4.98. The Labute approximate surface area is 115 Å². The highest BCUT2D eigenvalue weighted by atomic mass is 16.2. The van der Waals surface area contributed by atoms with Crippen molar-refractivity contribution in [2.45, 2.75) is 33.4 Å². The Balaban J connectivity index is 2.60. The normalized spacial score (nSPS) is 10.4. The molecule has 1 aromatic carbocycles. The van der Waals surface area contributed by atoms with Crippen molar-refractivity contribution in [2.24, 2.45) is 0 Å². The van der Waals surface area contributed by atoms with E-state index >= 15 is 0 Å². The highest BCUT2D eigenvalue weighted by Gasteiger charge is 2.19. The van der Waals surface area contributed by atoms with Gasteiger partial charge in [-0.2, -0.15) is 0 Å². The van der Waals surface area contributed by atoms with Crippen LogP contribution in [0.15, 0.2) is 30.3 Å². The Hall–Kier alpha value is -1.84. The molecule has 19 heavy (non-hydrogen) atoms. The number of carbonyl (C=O) groups excluding carboxylic acids is 2. The van der Waals surface area contributed by atoms with Gasteiger partial charge in [-0.05, 0) is 19.4 Å². The van der Waals surface area contributed by atoms with Gasteiger partial charge in [-0.25, -0.2) is 0 Å². The Morgan fingerprint density at radius 2 is 1.74 bits per heavy atom. The van der Waals surface area contributed by atoms with Crippen LogP contribution in [-0.2, 0) is 16.1 Å².